The van der Waals surface area contributed by atoms with Crippen LogP contribution in [0.2, 0.25) is 5.02 Å². The molecule has 0 unspecified atom stereocenters. The van der Waals surface area contributed by atoms with Crippen molar-refractivity contribution in [3.63, 3.8) is 0 Å². The Labute approximate surface area is 216 Å². The summed E-state index contributed by atoms with van der Waals surface area (Å²) in [6, 6.07) is 20.2. The van der Waals surface area contributed by atoms with Crippen molar-refractivity contribution >= 4 is 22.6 Å². The van der Waals surface area contributed by atoms with Crippen LogP contribution >= 0.6 is 11.6 Å². The highest BCUT2D eigenvalue weighted by atomic mass is 35.5. The van der Waals surface area contributed by atoms with Crippen LogP contribution in [-0.2, 0) is 4.74 Å². The Balaban J connectivity index is 1.20. The number of imidazole rings is 1. The SMILES string of the molecule is OC[C@H]1OC[C@H](Oc2nc3cc(-c4ccc(-c5ccc(-c6nn[nH]n6)cc5)cc4)c(Cl)cc3[nH]2)C[C@@H]1O. The number of benzene rings is 3. The number of hydrogen-bond acceptors (Lipinski definition) is 8. The van der Waals surface area contributed by atoms with Gasteiger partial charge in [-0.05, 0) is 34.0 Å². The minimum atomic E-state index is -0.791. The van der Waals surface area contributed by atoms with E-state index in [4.69, 9.17) is 21.1 Å². The van der Waals surface area contributed by atoms with Crippen molar-refractivity contribution in [2.45, 2.75) is 24.7 Å². The number of hydrogen-bond donors (Lipinski definition) is 4. The minimum absolute atomic E-state index is 0.228. The van der Waals surface area contributed by atoms with E-state index in [-0.39, 0.29) is 19.3 Å². The van der Waals surface area contributed by atoms with Crippen LogP contribution < -0.4 is 4.74 Å². The van der Waals surface area contributed by atoms with Crippen LogP contribution in [0.15, 0.2) is 60.7 Å². The van der Waals surface area contributed by atoms with E-state index in [9.17, 15) is 10.2 Å². The van der Waals surface area contributed by atoms with E-state index in [1.54, 1.807) is 0 Å². The van der Waals surface area contributed by atoms with Gasteiger partial charge in [0.05, 0.1) is 35.4 Å². The van der Waals surface area contributed by atoms with E-state index < -0.39 is 12.2 Å². The fourth-order valence-electron chi connectivity index (χ4n) is 4.47. The quantitative estimate of drug-likeness (QED) is 0.267. The summed E-state index contributed by atoms with van der Waals surface area (Å²) in [6.45, 7) is 0.0338. The first-order valence-corrected chi connectivity index (χ1v) is 12.2. The molecule has 37 heavy (non-hydrogen) atoms. The molecule has 0 saturated carbocycles. The van der Waals surface area contributed by atoms with Gasteiger partial charge in [-0.3, -0.25) is 0 Å². The van der Waals surface area contributed by atoms with Gasteiger partial charge in [-0.1, -0.05) is 60.1 Å². The third-order valence-corrected chi connectivity index (χ3v) is 6.77. The molecule has 1 aliphatic heterocycles. The predicted octanol–water partition coefficient (Wildman–Crippen LogP) is 3.62. The first kappa shape index (κ1) is 23.6. The monoisotopic (exact) mass is 518 g/mol. The molecule has 0 radical (unpaired) electrons. The number of aromatic amines is 2. The molecule has 0 amide bonds. The Bertz CT molecular complexity index is 1510. The molecule has 188 valence electrons. The average molecular weight is 519 g/mol. The summed E-state index contributed by atoms with van der Waals surface area (Å²) in [6.07, 6.45) is -1.40. The van der Waals surface area contributed by atoms with Gasteiger partial charge in [0, 0.05) is 17.5 Å². The zero-order valence-electron chi connectivity index (χ0n) is 19.5. The second-order valence-electron chi connectivity index (χ2n) is 8.88. The predicted molar refractivity (Wildman–Crippen MR) is 137 cm³/mol. The molecule has 5 aromatic rings. The maximum absolute atomic E-state index is 10.1. The van der Waals surface area contributed by atoms with Gasteiger partial charge >= 0.3 is 0 Å². The van der Waals surface area contributed by atoms with Crippen molar-refractivity contribution in [3.05, 3.63) is 65.7 Å². The zero-order valence-corrected chi connectivity index (χ0v) is 20.3. The lowest BCUT2D eigenvalue weighted by molar-refractivity contribution is -0.131. The van der Waals surface area contributed by atoms with Gasteiger partial charge in [-0.2, -0.15) is 10.2 Å². The number of ether oxygens (including phenoxy) is 2. The second kappa shape index (κ2) is 9.91. The first-order chi connectivity index (χ1) is 18.1. The summed E-state index contributed by atoms with van der Waals surface area (Å²) < 4.78 is 11.4. The first-order valence-electron chi connectivity index (χ1n) is 11.8. The van der Waals surface area contributed by atoms with Gasteiger partial charge in [-0.25, -0.2) is 0 Å². The highest BCUT2D eigenvalue weighted by Crippen LogP contribution is 2.34. The van der Waals surface area contributed by atoms with Gasteiger partial charge in [0.25, 0.3) is 6.01 Å². The van der Waals surface area contributed by atoms with E-state index in [1.165, 1.54) is 0 Å². The summed E-state index contributed by atoms with van der Waals surface area (Å²) >= 11 is 6.63. The van der Waals surface area contributed by atoms with Gasteiger partial charge in [-0.15, -0.1) is 10.2 Å². The molecule has 11 heteroatoms. The Morgan fingerprint density at radius 3 is 2.35 bits per heavy atom. The summed E-state index contributed by atoms with van der Waals surface area (Å²) in [5, 5.41) is 34.0. The Kier molecular flexibility index (Phi) is 6.31. The summed E-state index contributed by atoms with van der Waals surface area (Å²) in [7, 11) is 0. The van der Waals surface area contributed by atoms with Gasteiger partial charge in [0.1, 0.15) is 12.2 Å². The molecule has 1 aliphatic rings. The van der Waals surface area contributed by atoms with Crippen LogP contribution in [0, 0.1) is 0 Å². The van der Waals surface area contributed by atoms with Crippen LogP contribution in [0.5, 0.6) is 6.01 Å². The molecular weight excluding hydrogens is 496 g/mol. The lowest BCUT2D eigenvalue weighted by atomic mass is 9.99. The van der Waals surface area contributed by atoms with Crippen molar-refractivity contribution in [1.82, 2.24) is 30.6 Å². The average Bonchev–Trinajstić information content (AvgIpc) is 3.59. The summed E-state index contributed by atoms with van der Waals surface area (Å²) in [5.41, 5.74) is 6.29. The smallest absolute Gasteiger partial charge is 0.294 e. The highest BCUT2D eigenvalue weighted by molar-refractivity contribution is 6.34. The number of nitrogens with zero attached hydrogens (tertiary/aromatic N) is 4. The molecule has 3 heterocycles. The number of nitrogens with one attached hydrogen (secondary N) is 2. The molecular formula is C26H23ClN6O4. The third-order valence-electron chi connectivity index (χ3n) is 6.45. The van der Waals surface area contributed by atoms with Crippen molar-refractivity contribution in [1.29, 1.82) is 0 Å². The van der Waals surface area contributed by atoms with Crippen LogP contribution in [0.3, 0.4) is 0 Å². The van der Waals surface area contributed by atoms with Gasteiger partial charge in [0.2, 0.25) is 5.82 Å². The van der Waals surface area contributed by atoms with E-state index in [2.05, 4.69) is 30.6 Å². The Hall–Kier alpha value is -3.83. The molecule has 3 atom stereocenters. The number of H-pyrrole nitrogens is 2. The molecule has 10 nitrogen and oxygen atoms in total. The fourth-order valence-corrected chi connectivity index (χ4v) is 4.74. The standard InChI is InChI=1S/C26H23ClN6O4/c27-20-11-22-21(28-26(29-22)37-18-9-23(35)24(12-34)36-13-18)10-19(20)16-5-1-14(2-6-16)15-3-7-17(8-4-15)25-30-32-33-31-25/h1-8,10-11,18,23-24,34-35H,9,12-13H2,(H,28,29)(H,30,31,32,33)/t18-,23+,24-/m1/s1. The van der Waals surface area contributed by atoms with E-state index >= 15 is 0 Å². The number of fused-ring (bicyclic) bond motifs is 1. The highest BCUT2D eigenvalue weighted by Gasteiger charge is 2.31. The molecule has 0 aliphatic carbocycles. The van der Waals surface area contributed by atoms with E-state index in [1.807, 2.05) is 60.7 Å². The number of aromatic nitrogens is 6. The molecule has 2 aromatic heterocycles. The summed E-state index contributed by atoms with van der Waals surface area (Å²) in [4.78, 5) is 7.68. The second-order valence-corrected chi connectivity index (χ2v) is 9.29. The molecule has 1 saturated heterocycles. The molecule has 1 fully saturated rings. The van der Waals surface area contributed by atoms with Crippen molar-refractivity contribution in [2.24, 2.45) is 0 Å². The Morgan fingerprint density at radius 1 is 1.00 bits per heavy atom. The Morgan fingerprint density at radius 2 is 1.70 bits per heavy atom. The largest absolute Gasteiger partial charge is 0.459 e. The molecule has 6 rings (SSSR count). The number of aliphatic hydroxyl groups is 2. The zero-order chi connectivity index (χ0) is 25.4. The van der Waals surface area contributed by atoms with Crippen LogP contribution in [-0.4, -0.2) is 72.3 Å². The lowest BCUT2D eigenvalue weighted by Crippen LogP contribution is -2.45. The normalized spacial score (nSPS) is 19.8. The molecule has 0 spiro atoms. The van der Waals surface area contributed by atoms with Crippen molar-refractivity contribution in [2.75, 3.05) is 13.2 Å². The lowest BCUT2D eigenvalue weighted by Gasteiger charge is -2.31. The molecule has 4 N–H and O–H groups in total. The number of halogens is 1. The number of aliphatic hydroxyl groups excluding tert-OH is 2. The fraction of sp³-hybridized carbons (Fsp3) is 0.231. The van der Waals surface area contributed by atoms with Crippen molar-refractivity contribution in [3.8, 4) is 39.7 Å². The topological polar surface area (TPSA) is 142 Å². The summed E-state index contributed by atoms with van der Waals surface area (Å²) in [5.74, 6) is 0.554. The van der Waals surface area contributed by atoms with Crippen LogP contribution in [0.1, 0.15) is 6.42 Å². The maximum Gasteiger partial charge on any atom is 0.294 e. The van der Waals surface area contributed by atoms with Crippen LogP contribution in [0.25, 0.3) is 44.7 Å². The maximum atomic E-state index is 10.1. The number of tetrazole rings is 1. The number of rotatable bonds is 6. The van der Waals surface area contributed by atoms with Gasteiger partial charge < -0.3 is 24.7 Å². The van der Waals surface area contributed by atoms with Crippen molar-refractivity contribution < 1.29 is 19.7 Å². The molecule has 0 bridgehead atoms. The van der Waals surface area contributed by atoms with E-state index in [0.717, 1.165) is 33.3 Å². The van der Waals surface area contributed by atoms with Gasteiger partial charge in [0.15, 0.2) is 0 Å². The minimum Gasteiger partial charge on any atom is -0.459 e. The van der Waals surface area contributed by atoms with E-state index in [0.29, 0.717) is 28.8 Å². The van der Waals surface area contributed by atoms with Crippen LogP contribution in [0.4, 0.5) is 0 Å². The molecule has 3 aromatic carbocycles. The third kappa shape index (κ3) is 4.79.